The van der Waals surface area contributed by atoms with Crippen LogP contribution in [0.4, 0.5) is 0 Å². The number of hydrogen-bond acceptors (Lipinski definition) is 4. The number of nitrogens with zero attached hydrogens (tertiary/aromatic N) is 1. The fourth-order valence-electron chi connectivity index (χ4n) is 2.74. The summed E-state index contributed by atoms with van der Waals surface area (Å²) in [5.41, 5.74) is 1.03. The topological polar surface area (TPSA) is 59.0 Å². The van der Waals surface area contributed by atoms with Gasteiger partial charge in [0.15, 0.2) is 11.5 Å². The van der Waals surface area contributed by atoms with E-state index in [9.17, 15) is 9.90 Å². The van der Waals surface area contributed by atoms with Crippen molar-refractivity contribution in [1.82, 2.24) is 4.90 Å². The molecule has 0 unspecified atom stereocenters. The van der Waals surface area contributed by atoms with Crippen molar-refractivity contribution in [2.75, 3.05) is 19.8 Å². The molecule has 1 aromatic rings. The Morgan fingerprint density at radius 2 is 2.05 bits per heavy atom. The molecule has 1 fully saturated rings. The van der Waals surface area contributed by atoms with Gasteiger partial charge in [-0.2, -0.15) is 0 Å². The Labute approximate surface area is 125 Å². The molecule has 0 aliphatic carbocycles. The fourth-order valence-corrected chi connectivity index (χ4v) is 3.19. The molecule has 1 saturated heterocycles. The number of ether oxygens (including phenoxy) is 2. The van der Waals surface area contributed by atoms with Crippen LogP contribution in [0.2, 0.25) is 0 Å². The van der Waals surface area contributed by atoms with Crippen molar-refractivity contribution in [2.24, 2.45) is 0 Å². The number of hydrogen-bond donors (Lipinski definition) is 1. The molecule has 2 heterocycles. The lowest BCUT2D eigenvalue weighted by Gasteiger charge is -2.24. The van der Waals surface area contributed by atoms with Gasteiger partial charge in [-0.05, 0) is 37.1 Å². The average molecular weight is 342 g/mol. The van der Waals surface area contributed by atoms with Gasteiger partial charge in [0.25, 0.3) is 0 Å². The minimum absolute atomic E-state index is 0.380. The van der Waals surface area contributed by atoms with Crippen LogP contribution in [0.15, 0.2) is 16.6 Å². The third-order valence-corrected chi connectivity index (χ3v) is 4.47. The van der Waals surface area contributed by atoms with E-state index in [0.717, 1.165) is 40.9 Å². The van der Waals surface area contributed by atoms with Gasteiger partial charge in [0.1, 0.15) is 19.3 Å². The molecule has 2 aliphatic heterocycles. The van der Waals surface area contributed by atoms with E-state index in [2.05, 4.69) is 15.9 Å². The molecule has 2 aliphatic rings. The predicted octanol–water partition coefficient (Wildman–Crippen LogP) is 2.27. The van der Waals surface area contributed by atoms with Crippen LogP contribution in [0.1, 0.15) is 18.4 Å². The second kappa shape index (κ2) is 5.61. The van der Waals surface area contributed by atoms with Crippen molar-refractivity contribution in [3.63, 3.8) is 0 Å². The molecule has 0 aromatic heterocycles. The summed E-state index contributed by atoms with van der Waals surface area (Å²) in [6, 6.07) is 3.46. The molecule has 6 heteroatoms. The number of halogens is 1. The molecule has 3 rings (SSSR count). The summed E-state index contributed by atoms with van der Waals surface area (Å²) in [6.45, 7) is 2.54. The van der Waals surface area contributed by atoms with Crippen molar-refractivity contribution >= 4 is 21.9 Å². The number of fused-ring (bicyclic) bond motifs is 1. The second-order valence-corrected chi connectivity index (χ2v) is 5.91. The van der Waals surface area contributed by atoms with Crippen molar-refractivity contribution in [2.45, 2.75) is 25.4 Å². The Balaban J connectivity index is 1.82. The van der Waals surface area contributed by atoms with Crippen LogP contribution >= 0.6 is 15.9 Å². The van der Waals surface area contributed by atoms with Gasteiger partial charge < -0.3 is 14.6 Å². The second-order valence-electron chi connectivity index (χ2n) is 5.05. The number of carboxylic acids is 1. The van der Waals surface area contributed by atoms with Crippen molar-refractivity contribution in [1.29, 1.82) is 0 Å². The Bertz CT molecular complexity index is 534. The van der Waals surface area contributed by atoms with Crippen molar-refractivity contribution < 1.29 is 19.4 Å². The third kappa shape index (κ3) is 2.62. The lowest BCUT2D eigenvalue weighted by Crippen LogP contribution is -2.35. The third-order valence-electron chi connectivity index (χ3n) is 3.73. The quantitative estimate of drug-likeness (QED) is 0.913. The normalized spacial score (nSPS) is 21.9. The van der Waals surface area contributed by atoms with Crippen molar-refractivity contribution in [3.8, 4) is 11.5 Å². The van der Waals surface area contributed by atoms with Gasteiger partial charge >= 0.3 is 5.97 Å². The molecule has 0 spiro atoms. The van der Waals surface area contributed by atoms with Crippen LogP contribution in [0, 0.1) is 0 Å². The highest BCUT2D eigenvalue weighted by atomic mass is 79.9. The SMILES string of the molecule is O=C(O)[C@H]1CCCN1Cc1cc2c(cc1Br)OCCO2. The standard InChI is InChI=1S/C14H16BrNO4/c15-10-7-13-12(19-4-5-20-13)6-9(10)8-16-3-1-2-11(16)14(17)18/h6-7,11H,1-5,8H2,(H,17,18)/t11-/m1/s1. The molecule has 20 heavy (non-hydrogen) atoms. The van der Waals surface area contributed by atoms with E-state index in [0.29, 0.717) is 19.8 Å². The largest absolute Gasteiger partial charge is 0.486 e. The monoisotopic (exact) mass is 341 g/mol. The summed E-state index contributed by atoms with van der Waals surface area (Å²) < 4.78 is 12.0. The molecule has 0 radical (unpaired) electrons. The zero-order valence-corrected chi connectivity index (χ0v) is 12.6. The van der Waals surface area contributed by atoms with Crippen LogP contribution in [-0.2, 0) is 11.3 Å². The molecule has 1 N–H and O–H groups in total. The summed E-state index contributed by atoms with van der Waals surface area (Å²) in [5, 5.41) is 9.22. The summed E-state index contributed by atoms with van der Waals surface area (Å²) in [6.07, 6.45) is 1.65. The fraction of sp³-hybridized carbons (Fsp3) is 0.500. The maximum atomic E-state index is 11.2. The van der Waals surface area contributed by atoms with E-state index in [1.165, 1.54) is 0 Å². The lowest BCUT2D eigenvalue weighted by molar-refractivity contribution is -0.142. The minimum atomic E-state index is -0.740. The summed E-state index contributed by atoms with van der Waals surface area (Å²) in [5.74, 6) is 0.736. The van der Waals surface area contributed by atoms with Crippen LogP contribution in [-0.4, -0.2) is 41.8 Å². The molecule has 0 saturated carbocycles. The Morgan fingerprint density at radius 1 is 1.35 bits per heavy atom. The number of carbonyl (C=O) groups is 1. The average Bonchev–Trinajstić information content (AvgIpc) is 2.88. The number of benzene rings is 1. The maximum absolute atomic E-state index is 11.2. The summed E-state index contributed by atoms with van der Waals surface area (Å²) in [7, 11) is 0. The van der Waals surface area contributed by atoms with Crippen LogP contribution in [0.25, 0.3) is 0 Å². The zero-order chi connectivity index (χ0) is 14.1. The van der Waals surface area contributed by atoms with Gasteiger partial charge in [-0.1, -0.05) is 15.9 Å². The minimum Gasteiger partial charge on any atom is -0.486 e. The molecule has 1 aromatic carbocycles. The van der Waals surface area contributed by atoms with Gasteiger partial charge in [0.2, 0.25) is 0 Å². The van der Waals surface area contributed by atoms with Crippen molar-refractivity contribution in [3.05, 3.63) is 22.2 Å². The highest BCUT2D eigenvalue weighted by Crippen LogP contribution is 2.36. The first-order valence-electron chi connectivity index (χ1n) is 6.70. The predicted molar refractivity (Wildman–Crippen MR) is 76.2 cm³/mol. The highest BCUT2D eigenvalue weighted by Gasteiger charge is 2.31. The Hall–Kier alpha value is -1.27. The van der Waals surface area contributed by atoms with Gasteiger partial charge in [-0.25, -0.2) is 0 Å². The van der Waals surface area contributed by atoms with Gasteiger partial charge in [-0.15, -0.1) is 0 Å². The number of rotatable bonds is 3. The molecular formula is C14H16BrNO4. The molecule has 108 valence electrons. The lowest BCUT2D eigenvalue weighted by atomic mass is 10.1. The smallest absolute Gasteiger partial charge is 0.320 e. The van der Waals surface area contributed by atoms with Gasteiger partial charge in [0.05, 0.1) is 0 Å². The van der Waals surface area contributed by atoms with E-state index in [4.69, 9.17) is 9.47 Å². The molecular weight excluding hydrogens is 326 g/mol. The maximum Gasteiger partial charge on any atom is 0.320 e. The first-order valence-corrected chi connectivity index (χ1v) is 7.49. The van der Waals surface area contributed by atoms with E-state index in [-0.39, 0.29) is 6.04 Å². The Morgan fingerprint density at radius 3 is 2.75 bits per heavy atom. The summed E-state index contributed by atoms with van der Waals surface area (Å²) in [4.78, 5) is 13.2. The number of likely N-dealkylation sites (tertiary alicyclic amines) is 1. The van der Waals surface area contributed by atoms with Gasteiger partial charge in [0, 0.05) is 11.0 Å². The van der Waals surface area contributed by atoms with Crippen LogP contribution in [0.5, 0.6) is 11.5 Å². The molecule has 0 amide bonds. The first kappa shape index (κ1) is 13.7. The van der Waals surface area contributed by atoms with Crippen LogP contribution < -0.4 is 9.47 Å². The number of carboxylic acid groups (broad SMARTS) is 1. The zero-order valence-electron chi connectivity index (χ0n) is 11.0. The van der Waals surface area contributed by atoms with Gasteiger partial charge in [-0.3, -0.25) is 9.69 Å². The van der Waals surface area contributed by atoms with E-state index < -0.39 is 5.97 Å². The first-order chi connectivity index (χ1) is 9.65. The van der Waals surface area contributed by atoms with Crippen LogP contribution in [0.3, 0.4) is 0 Å². The molecule has 1 atom stereocenters. The van der Waals surface area contributed by atoms with E-state index in [1.807, 2.05) is 17.0 Å². The summed E-state index contributed by atoms with van der Waals surface area (Å²) >= 11 is 3.53. The highest BCUT2D eigenvalue weighted by molar-refractivity contribution is 9.10. The van der Waals surface area contributed by atoms with E-state index in [1.54, 1.807) is 0 Å². The number of aliphatic carboxylic acids is 1. The Kier molecular flexibility index (Phi) is 3.85. The van der Waals surface area contributed by atoms with E-state index >= 15 is 0 Å². The molecule has 0 bridgehead atoms. The molecule has 5 nitrogen and oxygen atoms in total.